The van der Waals surface area contributed by atoms with E-state index in [1.54, 1.807) is 0 Å². The third-order valence-electron chi connectivity index (χ3n) is 1.49. The van der Waals surface area contributed by atoms with Gasteiger partial charge < -0.3 is 5.73 Å². The molecule has 13 heavy (non-hydrogen) atoms. The van der Waals surface area contributed by atoms with Gasteiger partial charge in [0.1, 0.15) is 5.69 Å². The molecule has 0 radical (unpaired) electrons. The lowest BCUT2D eigenvalue weighted by molar-refractivity contribution is 0.140. The molecule has 6 heteroatoms. The SMILES string of the molecule is NCc1cnc(C(F)F)c(F)c1Cl. The van der Waals surface area contributed by atoms with Crippen LogP contribution in [0.5, 0.6) is 0 Å². The Hall–Kier alpha value is -0.810. The highest BCUT2D eigenvalue weighted by atomic mass is 35.5. The van der Waals surface area contributed by atoms with Crippen molar-refractivity contribution < 1.29 is 13.2 Å². The van der Waals surface area contributed by atoms with E-state index in [1.165, 1.54) is 0 Å². The van der Waals surface area contributed by atoms with Crippen LogP contribution in [0.2, 0.25) is 5.02 Å². The van der Waals surface area contributed by atoms with E-state index in [-0.39, 0.29) is 17.1 Å². The quantitative estimate of drug-likeness (QED) is 0.813. The van der Waals surface area contributed by atoms with Gasteiger partial charge in [0.25, 0.3) is 6.43 Å². The average Bonchev–Trinajstić information content (AvgIpc) is 2.09. The molecule has 0 amide bonds. The number of halogens is 4. The molecule has 2 nitrogen and oxygen atoms in total. The van der Waals surface area contributed by atoms with E-state index in [4.69, 9.17) is 17.3 Å². The van der Waals surface area contributed by atoms with Crippen molar-refractivity contribution in [3.05, 3.63) is 28.3 Å². The van der Waals surface area contributed by atoms with Gasteiger partial charge in [-0.05, 0) is 0 Å². The molecule has 1 heterocycles. The molecule has 1 aromatic heterocycles. The van der Waals surface area contributed by atoms with Crippen LogP contribution in [-0.4, -0.2) is 4.98 Å². The molecule has 1 aromatic rings. The Morgan fingerprint density at radius 1 is 1.54 bits per heavy atom. The summed E-state index contributed by atoms with van der Waals surface area (Å²) in [6.45, 7) is -0.0354. The Kier molecular flexibility index (Phi) is 3.11. The van der Waals surface area contributed by atoms with Gasteiger partial charge in [-0.25, -0.2) is 13.2 Å². The van der Waals surface area contributed by atoms with Gasteiger partial charge >= 0.3 is 0 Å². The molecule has 72 valence electrons. The first-order valence-corrected chi connectivity index (χ1v) is 3.76. The van der Waals surface area contributed by atoms with Crippen LogP contribution >= 0.6 is 11.6 Å². The van der Waals surface area contributed by atoms with Crippen molar-refractivity contribution in [1.29, 1.82) is 0 Å². The van der Waals surface area contributed by atoms with Gasteiger partial charge in [-0.2, -0.15) is 0 Å². The third kappa shape index (κ3) is 1.92. The number of hydrogen-bond acceptors (Lipinski definition) is 2. The maximum absolute atomic E-state index is 13.0. The first-order chi connectivity index (χ1) is 6.07. The van der Waals surface area contributed by atoms with E-state index >= 15 is 0 Å². The smallest absolute Gasteiger partial charge is 0.283 e. The normalized spacial score (nSPS) is 10.9. The summed E-state index contributed by atoms with van der Waals surface area (Å²) in [6.07, 6.45) is -1.92. The number of hydrogen-bond donors (Lipinski definition) is 1. The van der Waals surface area contributed by atoms with E-state index in [2.05, 4.69) is 4.98 Å². The number of nitrogens with zero attached hydrogens (tertiary/aromatic N) is 1. The number of aromatic nitrogens is 1. The number of rotatable bonds is 2. The van der Waals surface area contributed by atoms with Gasteiger partial charge in [0.2, 0.25) is 0 Å². The van der Waals surface area contributed by atoms with Crippen LogP contribution in [0, 0.1) is 5.82 Å². The second-order valence-corrected chi connectivity index (χ2v) is 2.68. The van der Waals surface area contributed by atoms with Gasteiger partial charge in [-0.1, -0.05) is 11.6 Å². The van der Waals surface area contributed by atoms with E-state index in [0.29, 0.717) is 0 Å². The molecule has 0 bridgehead atoms. The van der Waals surface area contributed by atoms with Crippen molar-refractivity contribution in [1.82, 2.24) is 4.98 Å². The summed E-state index contributed by atoms with van der Waals surface area (Å²) in [5.41, 5.74) is 4.44. The summed E-state index contributed by atoms with van der Waals surface area (Å²) in [7, 11) is 0. The van der Waals surface area contributed by atoms with Crippen LogP contribution in [0.25, 0.3) is 0 Å². The van der Waals surface area contributed by atoms with Crippen molar-refractivity contribution >= 4 is 11.6 Å². The molecule has 0 aliphatic rings. The molecule has 0 aliphatic heterocycles. The summed E-state index contributed by atoms with van der Waals surface area (Å²) in [5, 5.41) is -0.382. The fourth-order valence-electron chi connectivity index (χ4n) is 0.809. The minimum Gasteiger partial charge on any atom is -0.326 e. The highest BCUT2D eigenvalue weighted by molar-refractivity contribution is 6.31. The summed E-state index contributed by atoms with van der Waals surface area (Å²) < 4.78 is 37.1. The predicted molar refractivity (Wildman–Crippen MR) is 42.1 cm³/mol. The zero-order valence-electron chi connectivity index (χ0n) is 6.40. The Labute approximate surface area is 77.5 Å². The molecule has 0 aliphatic carbocycles. The summed E-state index contributed by atoms with van der Waals surface area (Å²) in [4.78, 5) is 3.22. The van der Waals surface area contributed by atoms with E-state index in [1.807, 2.05) is 0 Å². The van der Waals surface area contributed by atoms with Gasteiger partial charge in [0.15, 0.2) is 5.82 Å². The summed E-state index contributed by atoms with van der Waals surface area (Å²) in [5.74, 6) is -1.19. The van der Waals surface area contributed by atoms with Crippen molar-refractivity contribution in [2.75, 3.05) is 0 Å². The Morgan fingerprint density at radius 2 is 2.15 bits per heavy atom. The molecule has 0 spiro atoms. The highest BCUT2D eigenvalue weighted by Gasteiger charge is 2.19. The van der Waals surface area contributed by atoms with Gasteiger partial charge in [-0.3, -0.25) is 4.98 Å². The fraction of sp³-hybridized carbons (Fsp3) is 0.286. The summed E-state index contributed by atoms with van der Waals surface area (Å²) >= 11 is 5.41. The van der Waals surface area contributed by atoms with Crippen LogP contribution in [0.15, 0.2) is 6.20 Å². The van der Waals surface area contributed by atoms with E-state index in [0.717, 1.165) is 6.20 Å². The fourth-order valence-corrected chi connectivity index (χ4v) is 1.03. The minimum absolute atomic E-state index is 0.0354. The zero-order chi connectivity index (χ0) is 10.0. The first kappa shape index (κ1) is 10.3. The molecule has 1 rings (SSSR count). The Bertz CT molecular complexity index is 317. The minimum atomic E-state index is -2.97. The molecular formula is C7H6ClF3N2. The van der Waals surface area contributed by atoms with Crippen molar-refractivity contribution in [2.45, 2.75) is 13.0 Å². The largest absolute Gasteiger partial charge is 0.326 e. The van der Waals surface area contributed by atoms with E-state index < -0.39 is 17.9 Å². The lowest BCUT2D eigenvalue weighted by Crippen LogP contribution is -2.04. The van der Waals surface area contributed by atoms with E-state index in [9.17, 15) is 13.2 Å². The van der Waals surface area contributed by atoms with Crippen molar-refractivity contribution in [3.8, 4) is 0 Å². The monoisotopic (exact) mass is 210 g/mol. The van der Waals surface area contributed by atoms with Gasteiger partial charge in [-0.15, -0.1) is 0 Å². The predicted octanol–water partition coefficient (Wildman–Crippen LogP) is 2.27. The number of pyridine rings is 1. The van der Waals surface area contributed by atoms with Crippen LogP contribution in [0.4, 0.5) is 13.2 Å². The van der Waals surface area contributed by atoms with Gasteiger partial charge in [0.05, 0.1) is 5.02 Å². The molecule has 0 saturated carbocycles. The summed E-state index contributed by atoms with van der Waals surface area (Å²) in [6, 6.07) is 0. The average molecular weight is 211 g/mol. The van der Waals surface area contributed by atoms with Gasteiger partial charge in [0, 0.05) is 18.3 Å². The zero-order valence-corrected chi connectivity index (χ0v) is 7.15. The second-order valence-electron chi connectivity index (χ2n) is 2.30. The second kappa shape index (κ2) is 3.93. The first-order valence-electron chi connectivity index (χ1n) is 3.39. The van der Waals surface area contributed by atoms with Crippen molar-refractivity contribution in [2.24, 2.45) is 5.73 Å². The van der Waals surface area contributed by atoms with Crippen LogP contribution in [0.3, 0.4) is 0 Å². The molecule has 0 saturated heterocycles. The molecule has 0 aromatic carbocycles. The van der Waals surface area contributed by atoms with Crippen LogP contribution in [-0.2, 0) is 6.54 Å². The Morgan fingerprint density at radius 3 is 2.62 bits per heavy atom. The standard InChI is InChI=1S/C7H6ClF3N2/c8-4-3(1-12)2-13-6(5(4)9)7(10)11/h2,7H,1,12H2. The molecule has 0 fully saturated rings. The lowest BCUT2D eigenvalue weighted by atomic mass is 10.2. The van der Waals surface area contributed by atoms with Crippen LogP contribution in [0.1, 0.15) is 17.7 Å². The van der Waals surface area contributed by atoms with Crippen LogP contribution < -0.4 is 5.73 Å². The maximum Gasteiger partial charge on any atom is 0.283 e. The lowest BCUT2D eigenvalue weighted by Gasteiger charge is -2.05. The number of alkyl halides is 2. The topological polar surface area (TPSA) is 38.9 Å². The van der Waals surface area contributed by atoms with Crippen molar-refractivity contribution in [3.63, 3.8) is 0 Å². The maximum atomic E-state index is 13.0. The molecular weight excluding hydrogens is 205 g/mol. The Balaban J connectivity index is 3.23. The number of nitrogens with two attached hydrogens (primary N) is 1. The third-order valence-corrected chi connectivity index (χ3v) is 1.89. The molecule has 0 atom stereocenters. The molecule has 0 unspecified atom stereocenters. The molecule has 2 N–H and O–H groups in total. The highest BCUT2D eigenvalue weighted by Crippen LogP contribution is 2.26.